The van der Waals surface area contributed by atoms with E-state index in [9.17, 15) is 9.90 Å². The van der Waals surface area contributed by atoms with Crippen LogP contribution in [0.4, 0.5) is 4.79 Å². The number of hydrogen-bond donors (Lipinski definition) is 1. The van der Waals surface area contributed by atoms with Gasteiger partial charge in [0.1, 0.15) is 0 Å². The molecule has 5 heteroatoms. The van der Waals surface area contributed by atoms with Gasteiger partial charge in [-0.1, -0.05) is 34.1 Å². The summed E-state index contributed by atoms with van der Waals surface area (Å²) in [7, 11) is 4.06. The molecule has 0 fully saturated rings. The lowest BCUT2D eigenvalue weighted by molar-refractivity contribution is 0.0377. The highest BCUT2D eigenvalue weighted by atomic mass is 79.9. The van der Waals surface area contributed by atoms with Crippen molar-refractivity contribution in [3.05, 3.63) is 40.4 Å². The molecule has 0 saturated heterocycles. The fourth-order valence-electron chi connectivity index (χ4n) is 3.52. The van der Waals surface area contributed by atoms with Crippen molar-refractivity contribution in [3.8, 4) is 0 Å². The summed E-state index contributed by atoms with van der Waals surface area (Å²) in [4.78, 5) is 15.7. The number of benzene rings is 1. The minimum atomic E-state index is -0.848. The van der Waals surface area contributed by atoms with Crippen molar-refractivity contribution in [2.45, 2.75) is 51.2 Å². The maximum Gasteiger partial charge on any atom is 0.408 e. The van der Waals surface area contributed by atoms with E-state index in [2.05, 4.69) is 39.0 Å². The summed E-state index contributed by atoms with van der Waals surface area (Å²) in [5.74, 6) is 0. The van der Waals surface area contributed by atoms with Gasteiger partial charge < -0.3 is 10.0 Å². The lowest BCUT2D eigenvalue weighted by Gasteiger charge is -2.46. The Morgan fingerprint density at radius 2 is 1.92 bits per heavy atom. The standard InChI is InChI=1S/C19H27BrN2O2/c1-19(2,3)22(18(23)24)16-10-9-14(12-17(16)21(4)5)13-7-6-8-15(20)11-13/h6-9,11,16-17H,10,12H2,1-5H3,(H,23,24)/t16-,17-/m0/s1. The molecule has 1 aliphatic carbocycles. The van der Waals surface area contributed by atoms with Gasteiger partial charge in [-0.25, -0.2) is 4.79 Å². The summed E-state index contributed by atoms with van der Waals surface area (Å²) < 4.78 is 1.06. The van der Waals surface area contributed by atoms with Crippen LogP contribution in [0, 0.1) is 0 Å². The first kappa shape index (κ1) is 19.0. The highest BCUT2D eigenvalue weighted by molar-refractivity contribution is 9.10. The fourth-order valence-corrected chi connectivity index (χ4v) is 3.92. The Kier molecular flexibility index (Phi) is 5.76. The van der Waals surface area contributed by atoms with Crippen molar-refractivity contribution in [1.29, 1.82) is 0 Å². The van der Waals surface area contributed by atoms with Crippen LogP contribution < -0.4 is 0 Å². The van der Waals surface area contributed by atoms with Gasteiger partial charge in [0.15, 0.2) is 0 Å². The summed E-state index contributed by atoms with van der Waals surface area (Å²) in [6, 6.07) is 8.40. The first-order valence-corrected chi connectivity index (χ1v) is 9.04. The molecule has 1 N–H and O–H groups in total. The van der Waals surface area contributed by atoms with Crippen molar-refractivity contribution in [3.63, 3.8) is 0 Å². The van der Waals surface area contributed by atoms with E-state index in [1.54, 1.807) is 4.90 Å². The van der Waals surface area contributed by atoms with Crippen LogP contribution in [0.5, 0.6) is 0 Å². The van der Waals surface area contributed by atoms with E-state index in [0.29, 0.717) is 0 Å². The second-order valence-electron chi connectivity index (χ2n) is 7.60. The monoisotopic (exact) mass is 394 g/mol. The van der Waals surface area contributed by atoms with Crippen LogP contribution in [0.2, 0.25) is 0 Å². The Balaban J connectivity index is 2.37. The van der Waals surface area contributed by atoms with Crippen LogP contribution >= 0.6 is 15.9 Å². The molecule has 0 spiro atoms. The Morgan fingerprint density at radius 3 is 2.42 bits per heavy atom. The van der Waals surface area contributed by atoms with Gasteiger partial charge in [0.2, 0.25) is 0 Å². The SMILES string of the molecule is CN(C)[C@H]1CC(c2cccc(Br)c2)=CC[C@@H]1N(C(=O)O)C(C)(C)C. The van der Waals surface area contributed by atoms with E-state index in [0.717, 1.165) is 17.3 Å². The van der Waals surface area contributed by atoms with Gasteiger partial charge in [-0.2, -0.15) is 0 Å². The van der Waals surface area contributed by atoms with Gasteiger partial charge in [-0.3, -0.25) is 4.90 Å². The molecule has 0 heterocycles. The summed E-state index contributed by atoms with van der Waals surface area (Å²) in [6.07, 6.45) is 2.93. The number of likely N-dealkylation sites (N-methyl/N-ethyl adjacent to an activating group) is 1. The van der Waals surface area contributed by atoms with Crippen molar-refractivity contribution in [1.82, 2.24) is 9.80 Å². The Bertz CT molecular complexity index is 634. The van der Waals surface area contributed by atoms with Gasteiger partial charge in [0, 0.05) is 16.1 Å². The Hall–Kier alpha value is -1.33. The van der Waals surface area contributed by atoms with Crippen LogP contribution in [-0.2, 0) is 0 Å². The number of hydrogen-bond acceptors (Lipinski definition) is 2. The molecule has 24 heavy (non-hydrogen) atoms. The molecule has 0 radical (unpaired) electrons. The van der Waals surface area contributed by atoms with E-state index in [1.807, 2.05) is 47.0 Å². The third-order valence-corrected chi connectivity index (χ3v) is 5.09. The van der Waals surface area contributed by atoms with Gasteiger partial charge in [-0.15, -0.1) is 0 Å². The smallest absolute Gasteiger partial charge is 0.408 e. The molecule has 1 amide bonds. The zero-order chi connectivity index (χ0) is 18.1. The summed E-state index contributed by atoms with van der Waals surface area (Å²) in [5, 5.41) is 9.76. The number of carboxylic acid groups (broad SMARTS) is 1. The third kappa shape index (κ3) is 4.19. The van der Waals surface area contributed by atoms with Crippen molar-refractivity contribution in [2.24, 2.45) is 0 Å². The van der Waals surface area contributed by atoms with Gasteiger partial charge >= 0.3 is 6.09 Å². The molecule has 0 saturated carbocycles. The largest absolute Gasteiger partial charge is 0.465 e. The molecule has 1 aromatic rings. The zero-order valence-corrected chi connectivity index (χ0v) is 16.7. The Morgan fingerprint density at radius 1 is 1.25 bits per heavy atom. The number of halogens is 1. The van der Waals surface area contributed by atoms with Crippen LogP contribution in [0.1, 0.15) is 39.2 Å². The van der Waals surface area contributed by atoms with Crippen LogP contribution in [-0.4, -0.2) is 52.7 Å². The third-order valence-electron chi connectivity index (χ3n) is 4.60. The lowest BCUT2D eigenvalue weighted by atomic mass is 9.84. The maximum absolute atomic E-state index is 11.9. The molecule has 0 aromatic heterocycles. The summed E-state index contributed by atoms with van der Waals surface area (Å²) in [6.45, 7) is 5.88. The fraction of sp³-hybridized carbons (Fsp3) is 0.526. The van der Waals surface area contributed by atoms with Gasteiger partial charge in [-0.05, 0) is 71.0 Å². The first-order chi connectivity index (χ1) is 11.1. The summed E-state index contributed by atoms with van der Waals surface area (Å²) in [5.41, 5.74) is 2.06. The molecular weight excluding hydrogens is 368 g/mol. The van der Waals surface area contributed by atoms with E-state index in [1.165, 1.54) is 11.1 Å². The second-order valence-corrected chi connectivity index (χ2v) is 8.52. The van der Waals surface area contributed by atoms with E-state index >= 15 is 0 Å². The van der Waals surface area contributed by atoms with Gasteiger partial charge in [0.25, 0.3) is 0 Å². The topological polar surface area (TPSA) is 43.8 Å². The molecule has 2 atom stereocenters. The maximum atomic E-state index is 11.9. The first-order valence-electron chi connectivity index (χ1n) is 8.25. The molecule has 132 valence electrons. The van der Waals surface area contributed by atoms with E-state index < -0.39 is 11.6 Å². The predicted molar refractivity (Wildman–Crippen MR) is 102 cm³/mol. The van der Waals surface area contributed by atoms with Crippen molar-refractivity contribution < 1.29 is 9.90 Å². The van der Waals surface area contributed by atoms with Crippen LogP contribution in [0.25, 0.3) is 5.57 Å². The average Bonchev–Trinajstić information content (AvgIpc) is 2.45. The average molecular weight is 395 g/mol. The van der Waals surface area contributed by atoms with Crippen LogP contribution in [0.15, 0.2) is 34.8 Å². The predicted octanol–water partition coefficient (Wildman–Crippen LogP) is 4.70. The highest BCUT2D eigenvalue weighted by Gasteiger charge is 2.40. The molecule has 1 aliphatic rings. The number of rotatable bonds is 3. The van der Waals surface area contributed by atoms with E-state index in [4.69, 9.17) is 0 Å². The second kappa shape index (κ2) is 7.28. The molecule has 1 aromatic carbocycles. The van der Waals surface area contributed by atoms with Crippen LogP contribution in [0.3, 0.4) is 0 Å². The Labute approximate surface area is 153 Å². The quantitative estimate of drug-likeness (QED) is 0.807. The van der Waals surface area contributed by atoms with Crippen molar-refractivity contribution >= 4 is 27.6 Å². The normalized spacial score (nSPS) is 21.5. The molecule has 4 nitrogen and oxygen atoms in total. The van der Waals surface area contributed by atoms with Gasteiger partial charge in [0.05, 0.1) is 6.04 Å². The zero-order valence-electron chi connectivity index (χ0n) is 15.1. The molecule has 0 unspecified atom stereocenters. The molecular formula is C19H27BrN2O2. The number of nitrogens with zero attached hydrogens (tertiary/aromatic N) is 2. The minimum Gasteiger partial charge on any atom is -0.465 e. The number of carbonyl (C=O) groups is 1. The molecule has 2 rings (SSSR count). The minimum absolute atomic E-state index is 0.0478. The number of amides is 1. The van der Waals surface area contributed by atoms with E-state index in [-0.39, 0.29) is 12.1 Å². The lowest BCUT2D eigenvalue weighted by Crippen LogP contribution is -2.58. The highest BCUT2D eigenvalue weighted by Crippen LogP contribution is 2.35. The summed E-state index contributed by atoms with van der Waals surface area (Å²) >= 11 is 3.53. The molecule has 0 aliphatic heterocycles. The van der Waals surface area contributed by atoms with Crippen molar-refractivity contribution in [2.75, 3.05) is 14.1 Å². The molecule has 0 bridgehead atoms.